The Morgan fingerprint density at radius 3 is 1.89 bits per heavy atom. The van der Waals surface area contributed by atoms with Crippen LogP contribution < -0.4 is 26.2 Å². The first-order chi connectivity index (χ1) is 26.6. The molecule has 0 N–H and O–H groups in total. The van der Waals surface area contributed by atoms with E-state index in [1.54, 1.807) is 5.56 Å². The highest BCUT2D eigenvalue weighted by Gasteiger charge is 2.61. The third-order valence-electron chi connectivity index (χ3n) is 14.9. The van der Waals surface area contributed by atoms with Gasteiger partial charge in [-0.05, 0) is 129 Å². The summed E-state index contributed by atoms with van der Waals surface area (Å²) in [5.41, 5.74) is 19.2. The van der Waals surface area contributed by atoms with Gasteiger partial charge in [-0.1, -0.05) is 136 Å². The summed E-state index contributed by atoms with van der Waals surface area (Å²) < 4.78 is 2.70. The number of benzene rings is 5. The van der Waals surface area contributed by atoms with Gasteiger partial charge >= 0.3 is 0 Å². The number of hydrogen-bond donors (Lipinski definition) is 0. The highest BCUT2D eigenvalue weighted by atomic mass is 35.5. The van der Waals surface area contributed by atoms with Gasteiger partial charge in [-0.15, -0.1) is 11.3 Å². The molecular formula is C52H58BClN2S. The van der Waals surface area contributed by atoms with E-state index in [9.17, 15) is 0 Å². The van der Waals surface area contributed by atoms with Gasteiger partial charge in [0.15, 0.2) is 0 Å². The lowest BCUT2D eigenvalue weighted by Crippen LogP contribution is -2.64. The topological polar surface area (TPSA) is 6.48 Å². The molecule has 2 atom stereocenters. The van der Waals surface area contributed by atoms with Crippen LogP contribution in [0.1, 0.15) is 135 Å². The van der Waals surface area contributed by atoms with E-state index in [1.165, 1.54) is 118 Å². The quantitative estimate of drug-likeness (QED) is 0.153. The van der Waals surface area contributed by atoms with Gasteiger partial charge in [-0.3, -0.25) is 0 Å². The lowest BCUT2D eigenvalue weighted by atomic mass is 9.33. The average molecular weight is 789 g/mol. The van der Waals surface area contributed by atoms with Crippen LogP contribution in [-0.4, -0.2) is 12.3 Å². The Balaban J connectivity index is 1.36. The molecule has 1 aromatic heterocycles. The SMILES string of the molecule is Cc1cc(C(C)(C)C)cc(C)c1N1c2cc3sc4cc(C(C)(C)C)ccc4c3cc2B2c3cc(C(C)(C)C)cc4c3N(c3cc(Cl)cc1c32)C1(C)CCCCC41C. The van der Waals surface area contributed by atoms with Gasteiger partial charge in [0.1, 0.15) is 0 Å². The Morgan fingerprint density at radius 2 is 1.23 bits per heavy atom. The van der Waals surface area contributed by atoms with E-state index in [1.807, 2.05) is 11.3 Å². The van der Waals surface area contributed by atoms with Crippen molar-refractivity contribution in [3.05, 3.63) is 105 Å². The average Bonchev–Trinajstić information content (AvgIpc) is 3.57. The van der Waals surface area contributed by atoms with Crippen molar-refractivity contribution in [2.24, 2.45) is 0 Å². The summed E-state index contributed by atoms with van der Waals surface area (Å²) in [6.45, 7) is 31.0. The smallest absolute Gasteiger partial charge is 0.252 e. The summed E-state index contributed by atoms with van der Waals surface area (Å²) in [6.07, 6.45) is 4.88. The fraction of sp³-hybridized carbons (Fsp3) is 0.423. The summed E-state index contributed by atoms with van der Waals surface area (Å²) >= 11 is 9.37. The van der Waals surface area contributed by atoms with Crippen LogP contribution in [-0.2, 0) is 21.7 Å². The van der Waals surface area contributed by atoms with E-state index in [2.05, 4.69) is 167 Å². The molecule has 57 heavy (non-hydrogen) atoms. The number of hydrogen-bond acceptors (Lipinski definition) is 3. The zero-order valence-electron chi connectivity index (χ0n) is 36.4. The standard InChI is InChI=1S/C52H58BClN2S/c1-29-20-32(49(6,7)8)21-30(2)46(29)55-40-28-44-36(35-17-16-31(48(3,4)5)24-43(35)57-44)27-38(40)53-39-23-33(50(9,10)11)22-37-47(39)56(42-26-34(54)25-41(55)45(42)53)52(13)19-15-14-18-51(37,52)12/h16-17,20-28H,14-15,18-19H2,1-13H3. The van der Waals surface area contributed by atoms with Crippen LogP contribution in [0.2, 0.25) is 5.02 Å². The van der Waals surface area contributed by atoms with Crippen LogP contribution in [0.25, 0.3) is 20.2 Å². The molecule has 1 saturated carbocycles. The molecule has 1 aliphatic carbocycles. The number of fused-ring (bicyclic) bond motifs is 10. The molecule has 0 amide bonds. The molecule has 0 saturated heterocycles. The summed E-state index contributed by atoms with van der Waals surface area (Å²) in [4.78, 5) is 5.43. The number of rotatable bonds is 1. The van der Waals surface area contributed by atoms with Crippen molar-refractivity contribution in [2.45, 2.75) is 143 Å². The minimum absolute atomic E-state index is 0.00825. The zero-order valence-corrected chi connectivity index (χ0v) is 38.0. The zero-order chi connectivity index (χ0) is 40.5. The second-order valence-corrected chi connectivity index (χ2v) is 23.2. The van der Waals surface area contributed by atoms with Crippen molar-refractivity contribution in [3.63, 3.8) is 0 Å². The fourth-order valence-corrected chi connectivity index (χ4v) is 12.8. The van der Waals surface area contributed by atoms with Crippen molar-refractivity contribution in [2.75, 3.05) is 9.80 Å². The number of nitrogens with zero attached hydrogens (tertiary/aromatic N) is 2. The molecular weight excluding hydrogens is 731 g/mol. The van der Waals surface area contributed by atoms with Gasteiger partial charge in [0.05, 0.1) is 11.2 Å². The molecule has 3 aliphatic heterocycles. The number of halogens is 1. The van der Waals surface area contributed by atoms with Crippen LogP contribution in [0.15, 0.2) is 66.7 Å². The normalized spacial score (nSPS) is 21.3. The van der Waals surface area contributed by atoms with E-state index < -0.39 is 0 Å². The van der Waals surface area contributed by atoms with E-state index in [0.717, 1.165) is 5.02 Å². The van der Waals surface area contributed by atoms with Crippen molar-refractivity contribution in [1.29, 1.82) is 0 Å². The number of thiophene rings is 1. The minimum atomic E-state index is -0.0637. The molecule has 4 heterocycles. The van der Waals surface area contributed by atoms with Gasteiger partial charge in [0, 0.05) is 48.0 Å². The molecule has 0 bridgehead atoms. The fourth-order valence-electron chi connectivity index (χ4n) is 11.5. The summed E-state index contributed by atoms with van der Waals surface area (Å²) in [6, 6.07) is 27.0. The second kappa shape index (κ2) is 11.7. The first-order valence-electron chi connectivity index (χ1n) is 21.4. The Morgan fingerprint density at radius 1 is 0.614 bits per heavy atom. The highest BCUT2D eigenvalue weighted by molar-refractivity contribution is 7.26. The molecule has 0 spiro atoms. The van der Waals surface area contributed by atoms with E-state index in [4.69, 9.17) is 11.6 Å². The molecule has 0 radical (unpaired) electrons. The lowest BCUT2D eigenvalue weighted by molar-refractivity contribution is 0.195. The maximum absolute atomic E-state index is 7.43. The molecule has 10 rings (SSSR count). The summed E-state index contributed by atoms with van der Waals surface area (Å²) in [5, 5.41) is 3.53. The van der Waals surface area contributed by atoms with E-state index in [-0.39, 0.29) is 33.9 Å². The Hall–Kier alpha value is -3.73. The predicted octanol–water partition coefficient (Wildman–Crippen LogP) is 13.6. The highest BCUT2D eigenvalue weighted by Crippen LogP contribution is 2.62. The Kier molecular flexibility index (Phi) is 7.72. The van der Waals surface area contributed by atoms with Crippen LogP contribution in [0, 0.1) is 13.8 Å². The molecule has 5 heteroatoms. The van der Waals surface area contributed by atoms with Gasteiger partial charge in [-0.2, -0.15) is 0 Å². The molecule has 4 aliphatic rings. The lowest BCUT2D eigenvalue weighted by Gasteiger charge is -2.52. The van der Waals surface area contributed by atoms with Crippen molar-refractivity contribution in [3.8, 4) is 0 Å². The molecule has 5 aromatic carbocycles. The predicted molar refractivity (Wildman–Crippen MR) is 252 cm³/mol. The number of anilines is 5. The monoisotopic (exact) mass is 788 g/mol. The first-order valence-corrected chi connectivity index (χ1v) is 22.6. The van der Waals surface area contributed by atoms with Gasteiger partial charge in [0.2, 0.25) is 0 Å². The third kappa shape index (κ3) is 5.08. The van der Waals surface area contributed by atoms with Crippen LogP contribution >= 0.6 is 22.9 Å². The Labute approximate surface area is 350 Å². The second-order valence-electron chi connectivity index (χ2n) is 21.7. The van der Waals surface area contributed by atoms with Crippen molar-refractivity contribution < 1.29 is 0 Å². The van der Waals surface area contributed by atoms with Crippen LogP contribution in [0.3, 0.4) is 0 Å². The molecule has 1 fully saturated rings. The van der Waals surface area contributed by atoms with Crippen LogP contribution in [0.4, 0.5) is 28.4 Å². The third-order valence-corrected chi connectivity index (χ3v) is 16.2. The van der Waals surface area contributed by atoms with Crippen LogP contribution in [0.5, 0.6) is 0 Å². The van der Waals surface area contributed by atoms with Gasteiger partial charge in [0.25, 0.3) is 6.71 Å². The van der Waals surface area contributed by atoms with Crippen molar-refractivity contribution in [1.82, 2.24) is 0 Å². The maximum atomic E-state index is 7.43. The Bertz CT molecular complexity index is 2710. The largest absolute Gasteiger partial charge is 0.335 e. The first kappa shape index (κ1) is 37.5. The summed E-state index contributed by atoms with van der Waals surface area (Å²) in [7, 11) is 0. The van der Waals surface area contributed by atoms with Gasteiger partial charge in [-0.25, -0.2) is 0 Å². The minimum Gasteiger partial charge on any atom is -0.335 e. The maximum Gasteiger partial charge on any atom is 0.252 e. The van der Waals surface area contributed by atoms with Crippen molar-refractivity contribution >= 4 is 94.6 Å². The van der Waals surface area contributed by atoms with Gasteiger partial charge < -0.3 is 9.80 Å². The molecule has 292 valence electrons. The molecule has 6 aromatic rings. The summed E-state index contributed by atoms with van der Waals surface area (Å²) in [5.74, 6) is 0. The molecule has 2 unspecified atom stereocenters. The number of aryl methyl sites for hydroxylation is 2. The van der Waals surface area contributed by atoms with E-state index in [0.29, 0.717) is 0 Å². The molecule has 2 nitrogen and oxygen atoms in total. The van der Waals surface area contributed by atoms with E-state index >= 15 is 0 Å².